The molecule has 0 radical (unpaired) electrons. The van der Waals surface area contributed by atoms with Crippen molar-refractivity contribution in [1.29, 1.82) is 0 Å². The van der Waals surface area contributed by atoms with Crippen LogP contribution >= 0.6 is 11.6 Å². The topological polar surface area (TPSA) is 86.8 Å². The van der Waals surface area contributed by atoms with Gasteiger partial charge in [-0.25, -0.2) is 8.42 Å². The third-order valence-corrected chi connectivity index (χ3v) is 6.25. The van der Waals surface area contributed by atoms with E-state index < -0.39 is 16.1 Å². The molecule has 0 bridgehead atoms. The van der Waals surface area contributed by atoms with Crippen LogP contribution in [0.15, 0.2) is 29.7 Å². The lowest BCUT2D eigenvalue weighted by Gasteiger charge is -2.32. The molecule has 2 aliphatic rings. The van der Waals surface area contributed by atoms with Gasteiger partial charge < -0.3 is 9.80 Å². The van der Waals surface area contributed by atoms with Gasteiger partial charge in [-0.1, -0.05) is 23.7 Å². The number of halogens is 1. The summed E-state index contributed by atoms with van der Waals surface area (Å²) < 4.78 is 27.2. The Kier molecular flexibility index (Phi) is 6.74. The first kappa shape index (κ1) is 20.8. The Morgan fingerprint density at radius 2 is 1.96 bits per heavy atom. The fraction of sp³-hybridized carbons (Fsp3) is 0.474. The quantitative estimate of drug-likeness (QED) is 0.753. The maximum atomic E-state index is 12.7. The molecule has 1 N–H and O–H groups in total. The third kappa shape index (κ3) is 5.56. The van der Waals surface area contributed by atoms with Crippen LogP contribution in [0.3, 0.4) is 0 Å². The molecule has 2 heterocycles. The molecular weight excluding hydrogens is 402 g/mol. The Labute approximate surface area is 170 Å². The van der Waals surface area contributed by atoms with E-state index in [1.165, 1.54) is 11.0 Å². The number of benzene rings is 1. The van der Waals surface area contributed by atoms with Crippen molar-refractivity contribution in [3.63, 3.8) is 0 Å². The highest BCUT2D eigenvalue weighted by Crippen LogP contribution is 2.16. The molecular formula is C19H24ClN3O4S. The van der Waals surface area contributed by atoms with Crippen LogP contribution in [-0.2, 0) is 19.6 Å². The molecule has 7 nitrogen and oxygen atoms in total. The van der Waals surface area contributed by atoms with E-state index in [1.54, 1.807) is 29.2 Å². The van der Waals surface area contributed by atoms with Gasteiger partial charge in [0, 0.05) is 30.1 Å². The molecule has 1 aromatic carbocycles. The molecule has 0 spiro atoms. The van der Waals surface area contributed by atoms with Crippen LogP contribution in [0.4, 0.5) is 0 Å². The zero-order valence-corrected chi connectivity index (χ0v) is 17.1. The molecule has 28 heavy (non-hydrogen) atoms. The molecule has 0 saturated carbocycles. The minimum absolute atomic E-state index is 0.00934. The fourth-order valence-electron chi connectivity index (χ4n) is 3.45. The lowest BCUT2D eigenvalue weighted by molar-refractivity contribution is -0.142. The number of likely N-dealkylation sites (tertiary alicyclic amines) is 2. The number of carbonyl (C=O) groups excluding carboxylic acids is 2. The number of piperidine rings is 1. The van der Waals surface area contributed by atoms with Crippen molar-refractivity contribution in [2.45, 2.75) is 31.7 Å². The highest BCUT2D eigenvalue weighted by molar-refractivity contribution is 7.92. The van der Waals surface area contributed by atoms with E-state index in [-0.39, 0.29) is 18.4 Å². The predicted molar refractivity (Wildman–Crippen MR) is 108 cm³/mol. The van der Waals surface area contributed by atoms with Crippen molar-refractivity contribution in [1.82, 2.24) is 14.5 Å². The molecule has 0 aliphatic carbocycles. The zero-order valence-electron chi connectivity index (χ0n) is 15.5. The SMILES string of the molecule is O=C(CN1CCC[C@H](NS(=O)(=O)C=Cc2cccc(Cl)c2)C1=O)N1CCCC1. The molecule has 2 fully saturated rings. The number of rotatable bonds is 6. The van der Waals surface area contributed by atoms with Crippen LogP contribution in [-0.4, -0.2) is 62.3 Å². The van der Waals surface area contributed by atoms with Crippen molar-refractivity contribution in [2.24, 2.45) is 0 Å². The Morgan fingerprint density at radius 3 is 2.68 bits per heavy atom. The Hall–Kier alpha value is -1.90. The predicted octanol–water partition coefficient (Wildman–Crippen LogP) is 1.84. The number of nitrogens with zero attached hydrogens (tertiary/aromatic N) is 2. The van der Waals surface area contributed by atoms with Crippen molar-refractivity contribution in [2.75, 3.05) is 26.2 Å². The molecule has 1 atom stereocenters. The first-order valence-corrected chi connectivity index (χ1v) is 11.3. The Morgan fingerprint density at radius 1 is 1.21 bits per heavy atom. The van der Waals surface area contributed by atoms with Crippen LogP contribution in [0.1, 0.15) is 31.2 Å². The van der Waals surface area contributed by atoms with Gasteiger partial charge in [0.2, 0.25) is 21.8 Å². The molecule has 0 aromatic heterocycles. The van der Waals surface area contributed by atoms with Crippen molar-refractivity contribution in [3.8, 4) is 0 Å². The number of carbonyl (C=O) groups is 2. The van der Waals surface area contributed by atoms with E-state index in [1.807, 2.05) is 0 Å². The molecule has 0 unspecified atom stereocenters. The van der Waals surface area contributed by atoms with Gasteiger partial charge in [-0.15, -0.1) is 0 Å². The Balaban J connectivity index is 1.60. The maximum Gasteiger partial charge on any atom is 0.242 e. The number of hydrogen-bond donors (Lipinski definition) is 1. The fourth-order valence-corrected chi connectivity index (χ4v) is 4.68. The summed E-state index contributed by atoms with van der Waals surface area (Å²) in [5.74, 6) is -0.422. The van der Waals surface area contributed by atoms with Crippen LogP contribution in [0.5, 0.6) is 0 Å². The minimum Gasteiger partial charge on any atom is -0.341 e. The van der Waals surface area contributed by atoms with Crippen molar-refractivity contribution in [3.05, 3.63) is 40.3 Å². The number of sulfonamides is 1. The minimum atomic E-state index is -3.81. The average Bonchev–Trinajstić information content (AvgIpc) is 3.18. The molecule has 2 aliphatic heterocycles. The summed E-state index contributed by atoms with van der Waals surface area (Å²) in [6.07, 6.45) is 4.46. The van der Waals surface area contributed by atoms with E-state index in [0.717, 1.165) is 31.3 Å². The van der Waals surface area contributed by atoms with Gasteiger partial charge in [0.05, 0.1) is 6.54 Å². The molecule has 3 rings (SSSR count). The first-order valence-electron chi connectivity index (χ1n) is 9.37. The van der Waals surface area contributed by atoms with Crippen LogP contribution in [0.2, 0.25) is 5.02 Å². The van der Waals surface area contributed by atoms with Gasteiger partial charge >= 0.3 is 0 Å². The van der Waals surface area contributed by atoms with E-state index in [2.05, 4.69) is 4.72 Å². The lowest BCUT2D eigenvalue weighted by atomic mass is 10.1. The summed E-state index contributed by atoms with van der Waals surface area (Å²) in [6.45, 7) is 1.93. The lowest BCUT2D eigenvalue weighted by Crippen LogP contribution is -2.54. The van der Waals surface area contributed by atoms with Crippen LogP contribution in [0.25, 0.3) is 6.08 Å². The van der Waals surface area contributed by atoms with Crippen molar-refractivity contribution < 1.29 is 18.0 Å². The summed E-state index contributed by atoms with van der Waals surface area (Å²) in [7, 11) is -3.81. The normalized spacial score (nSPS) is 20.9. The summed E-state index contributed by atoms with van der Waals surface area (Å²) in [5, 5.41) is 1.54. The van der Waals surface area contributed by atoms with Crippen LogP contribution < -0.4 is 4.72 Å². The van der Waals surface area contributed by atoms with E-state index in [4.69, 9.17) is 11.6 Å². The van der Waals surface area contributed by atoms with E-state index in [0.29, 0.717) is 30.0 Å². The number of nitrogens with one attached hydrogen (secondary N) is 1. The molecule has 2 saturated heterocycles. The van der Waals surface area contributed by atoms with Gasteiger partial charge in [0.25, 0.3) is 0 Å². The van der Waals surface area contributed by atoms with Gasteiger partial charge in [-0.05, 0) is 49.5 Å². The van der Waals surface area contributed by atoms with Gasteiger partial charge in [0.1, 0.15) is 6.04 Å². The Bertz CT molecular complexity index is 866. The number of amides is 2. The maximum absolute atomic E-state index is 12.7. The largest absolute Gasteiger partial charge is 0.341 e. The van der Waals surface area contributed by atoms with E-state index >= 15 is 0 Å². The molecule has 2 amide bonds. The second-order valence-corrected chi connectivity index (χ2v) is 9.10. The summed E-state index contributed by atoms with van der Waals surface area (Å²) >= 11 is 5.89. The van der Waals surface area contributed by atoms with Crippen molar-refractivity contribution >= 4 is 39.5 Å². The third-order valence-electron chi connectivity index (χ3n) is 4.91. The van der Waals surface area contributed by atoms with Gasteiger partial charge in [0.15, 0.2) is 0 Å². The highest BCUT2D eigenvalue weighted by Gasteiger charge is 2.33. The second kappa shape index (κ2) is 9.07. The monoisotopic (exact) mass is 425 g/mol. The summed E-state index contributed by atoms with van der Waals surface area (Å²) in [4.78, 5) is 28.2. The second-order valence-electron chi connectivity index (χ2n) is 7.06. The van der Waals surface area contributed by atoms with Crippen LogP contribution in [0, 0.1) is 0 Å². The number of hydrogen-bond acceptors (Lipinski definition) is 4. The first-order chi connectivity index (χ1) is 13.3. The molecule has 9 heteroatoms. The summed E-state index contributed by atoms with van der Waals surface area (Å²) in [6, 6.07) is 5.95. The molecule has 1 aromatic rings. The highest BCUT2D eigenvalue weighted by atomic mass is 35.5. The van der Waals surface area contributed by atoms with Gasteiger partial charge in [-0.2, -0.15) is 4.72 Å². The van der Waals surface area contributed by atoms with E-state index in [9.17, 15) is 18.0 Å². The smallest absolute Gasteiger partial charge is 0.242 e. The summed E-state index contributed by atoms with van der Waals surface area (Å²) in [5.41, 5.74) is 0.644. The van der Waals surface area contributed by atoms with Gasteiger partial charge in [-0.3, -0.25) is 9.59 Å². The standard InChI is InChI=1S/C19H24ClN3O4S/c20-16-6-3-5-15(13-16)8-12-28(26,27)21-17-7-4-11-23(19(17)25)14-18(24)22-9-1-2-10-22/h3,5-6,8,12-13,17,21H,1-2,4,7,9-11,14H2/t17-/m0/s1. The zero-order chi connectivity index (χ0) is 20.1. The molecule has 152 valence electrons. The average molecular weight is 426 g/mol.